The fourth-order valence-electron chi connectivity index (χ4n) is 6.79. The molecule has 7 atom stereocenters. The molecule has 3 heterocycles. The normalized spacial score (nSPS) is 31.1. The Morgan fingerprint density at radius 1 is 1.24 bits per heavy atom. The van der Waals surface area contributed by atoms with Crippen LogP contribution in [0.5, 0.6) is 0 Å². The predicted octanol–water partition coefficient (Wildman–Crippen LogP) is 3.87. The summed E-state index contributed by atoms with van der Waals surface area (Å²) in [6.07, 6.45) is 9.51. The second kappa shape index (κ2) is 12.8. The van der Waals surface area contributed by atoms with Gasteiger partial charge in [-0.05, 0) is 51.4 Å². The second-order valence-electron chi connectivity index (χ2n) is 11.5. The van der Waals surface area contributed by atoms with E-state index in [4.69, 9.17) is 9.47 Å². The molecule has 0 saturated carbocycles. The summed E-state index contributed by atoms with van der Waals surface area (Å²) in [5.41, 5.74) is -2.00. The van der Waals surface area contributed by atoms with Gasteiger partial charge < -0.3 is 24.4 Å². The lowest BCUT2D eigenvalue weighted by atomic mass is 9.66. The van der Waals surface area contributed by atoms with Gasteiger partial charge in [0, 0.05) is 13.1 Å². The Bertz CT molecular complexity index is 892. The molecule has 0 aromatic carbocycles. The predicted molar refractivity (Wildman–Crippen MR) is 146 cm³/mol. The van der Waals surface area contributed by atoms with Crippen LogP contribution in [-0.2, 0) is 23.9 Å². The number of amides is 2. The molecule has 3 aliphatic rings. The van der Waals surface area contributed by atoms with E-state index >= 15 is 0 Å². The number of hydrogen-bond acceptors (Lipinski definition) is 6. The first kappa shape index (κ1) is 30.4. The number of ether oxygens (including phenoxy) is 2. The van der Waals surface area contributed by atoms with Gasteiger partial charge in [-0.3, -0.25) is 14.4 Å². The zero-order valence-corrected chi connectivity index (χ0v) is 23.8. The van der Waals surface area contributed by atoms with Crippen LogP contribution >= 0.6 is 0 Å². The van der Waals surface area contributed by atoms with Crippen LogP contribution < -0.4 is 0 Å². The van der Waals surface area contributed by atoms with Gasteiger partial charge in [0.05, 0.1) is 30.8 Å². The number of aliphatic hydroxyl groups is 1. The number of likely N-dealkylation sites (tertiary alicyclic amines) is 1. The topological polar surface area (TPSA) is 96.4 Å². The summed E-state index contributed by atoms with van der Waals surface area (Å²) in [4.78, 5) is 45.4. The first-order valence-electron chi connectivity index (χ1n) is 14.5. The van der Waals surface area contributed by atoms with Crippen LogP contribution in [0.15, 0.2) is 25.3 Å². The van der Waals surface area contributed by atoms with Crippen molar-refractivity contribution in [3.8, 4) is 0 Å². The molecule has 3 saturated heterocycles. The fraction of sp³-hybridized carbons (Fsp3) is 0.767. The average molecular weight is 533 g/mol. The Morgan fingerprint density at radius 2 is 1.97 bits per heavy atom. The third-order valence-electron chi connectivity index (χ3n) is 9.04. The Hall–Kier alpha value is -2.19. The van der Waals surface area contributed by atoms with E-state index in [0.29, 0.717) is 32.4 Å². The van der Waals surface area contributed by atoms with Gasteiger partial charge in [0.15, 0.2) is 0 Å². The van der Waals surface area contributed by atoms with Crippen LogP contribution in [0.3, 0.4) is 0 Å². The van der Waals surface area contributed by atoms with E-state index in [9.17, 15) is 19.5 Å². The van der Waals surface area contributed by atoms with Crippen molar-refractivity contribution in [2.24, 2.45) is 17.8 Å². The summed E-state index contributed by atoms with van der Waals surface area (Å²) in [6.45, 7) is 16.4. The van der Waals surface area contributed by atoms with Gasteiger partial charge in [0.2, 0.25) is 11.8 Å². The van der Waals surface area contributed by atoms with E-state index in [1.54, 1.807) is 15.9 Å². The minimum atomic E-state index is -1.12. The van der Waals surface area contributed by atoms with Gasteiger partial charge >= 0.3 is 5.97 Å². The zero-order valence-electron chi connectivity index (χ0n) is 23.8. The molecular weight excluding hydrogens is 484 g/mol. The molecule has 2 amide bonds. The smallest absolute Gasteiger partial charge is 0.312 e. The Labute approximate surface area is 228 Å². The highest BCUT2D eigenvalue weighted by atomic mass is 16.6. The highest BCUT2D eigenvalue weighted by molar-refractivity contribution is 5.98. The van der Waals surface area contributed by atoms with E-state index < -0.39 is 41.1 Å². The molecule has 3 fully saturated rings. The molecule has 1 N–H and O–H groups in total. The first-order valence-corrected chi connectivity index (χ1v) is 14.5. The molecule has 0 radical (unpaired) electrons. The monoisotopic (exact) mass is 532 g/mol. The summed E-state index contributed by atoms with van der Waals surface area (Å²) in [5.74, 6) is -2.56. The lowest BCUT2D eigenvalue weighted by Gasteiger charge is -2.41. The molecular formula is C30H48N2O6. The van der Waals surface area contributed by atoms with E-state index in [0.717, 1.165) is 32.1 Å². The van der Waals surface area contributed by atoms with Gasteiger partial charge in [0.25, 0.3) is 0 Å². The molecule has 214 valence electrons. The van der Waals surface area contributed by atoms with Crippen molar-refractivity contribution in [2.45, 2.75) is 102 Å². The maximum absolute atomic E-state index is 14.3. The molecule has 1 spiro atoms. The number of hydrogen-bond donors (Lipinski definition) is 1. The molecule has 2 unspecified atom stereocenters. The van der Waals surface area contributed by atoms with E-state index in [-0.39, 0.29) is 30.9 Å². The number of aliphatic hydroxyl groups excluding tert-OH is 1. The van der Waals surface area contributed by atoms with Crippen molar-refractivity contribution in [3.05, 3.63) is 25.3 Å². The van der Waals surface area contributed by atoms with Crippen LogP contribution in [0.2, 0.25) is 0 Å². The van der Waals surface area contributed by atoms with Crippen molar-refractivity contribution in [1.82, 2.24) is 9.80 Å². The second-order valence-corrected chi connectivity index (χ2v) is 11.5. The zero-order chi connectivity index (χ0) is 28.1. The maximum atomic E-state index is 14.3. The standard InChI is InChI=1S/C30H48N2O6/c1-7-11-13-14-19-37-28(36)24-23-26(34)32(22(20-33)21(5)10-4)25(30(23)16-15-29(24,6)38-30)27(35)31(17-9-3)18-12-8-2/h7,9,21-25,33H,1,3,8,10-20H2,2,4-6H3/t21-,22-,23-,24+,25?,29-,30?/m0/s1. The van der Waals surface area contributed by atoms with Crippen molar-refractivity contribution in [1.29, 1.82) is 0 Å². The van der Waals surface area contributed by atoms with E-state index in [1.165, 1.54) is 0 Å². The van der Waals surface area contributed by atoms with Crippen LogP contribution in [0, 0.1) is 17.8 Å². The average Bonchev–Trinajstić information content (AvgIpc) is 3.47. The fourth-order valence-corrected chi connectivity index (χ4v) is 6.79. The summed E-state index contributed by atoms with van der Waals surface area (Å²) < 4.78 is 12.4. The highest BCUT2D eigenvalue weighted by Crippen LogP contribution is 2.64. The summed E-state index contributed by atoms with van der Waals surface area (Å²) in [5, 5.41) is 10.5. The molecule has 3 aliphatic heterocycles. The minimum Gasteiger partial charge on any atom is -0.465 e. The highest BCUT2D eigenvalue weighted by Gasteiger charge is 2.79. The quantitative estimate of drug-likeness (QED) is 0.184. The number of fused-ring (bicyclic) bond motifs is 1. The Balaban J connectivity index is 2.02. The Morgan fingerprint density at radius 3 is 2.58 bits per heavy atom. The number of allylic oxidation sites excluding steroid dienone is 1. The van der Waals surface area contributed by atoms with E-state index in [2.05, 4.69) is 20.1 Å². The van der Waals surface area contributed by atoms with E-state index in [1.807, 2.05) is 26.8 Å². The van der Waals surface area contributed by atoms with Crippen LogP contribution in [0.1, 0.15) is 79.1 Å². The number of carbonyl (C=O) groups excluding carboxylic acids is 3. The van der Waals surface area contributed by atoms with Crippen LogP contribution in [0.4, 0.5) is 0 Å². The largest absolute Gasteiger partial charge is 0.465 e. The van der Waals surface area contributed by atoms with Crippen molar-refractivity contribution in [3.63, 3.8) is 0 Å². The molecule has 0 aromatic heterocycles. The minimum absolute atomic E-state index is 0.0407. The van der Waals surface area contributed by atoms with Crippen molar-refractivity contribution >= 4 is 17.8 Å². The molecule has 3 rings (SSSR count). The lowest BCUT2D eigenvalue weighted by Crippen LogP contribution is -2.60. The van der Waals surface area contributed by atoms with Gasteiger partial charge in [-0.15, -0.1) is 13.2 Å². The summed E-state index contributed by atoms with van der Waals surface area (Å²) in [7, 11) is 0. The lowest BCUT2D eigenvalue weighted by molar-refractivity contribution is -0.162. The SMILES string of the molecule is C=CCCCCOC(=O)[C@H]1[C@H]2C(=O)N([C@@H](CO)[C@@H](C)CC)C(C(=O)N(CC=C)CCCC)C23CC[C@]1(C)O3. The first-order chi connectivity index (χ1) is 18.2. The maximum Gasteiger partial charge on any atom is 0.312 e. The van der Waals surface area contributed by atoms with Gasteiger partial charge in [0.1, 0.15) is 17.6 Å². The third-order valence-corrected chi connectivity index (χ3v) is 9.04. The number of nitrogens with zero attached hydrogens (tertiary/aromatic N) is 2. The van der Waals surface area contributed by atoms with Gasteiger partial charge in [-0.2, -0.15) is 0 Å². The number of rotatable bonds is 16. The molecule has 8 heteroatoms. The van der Waals surface area contributed by atoms with Gasteiger partial charge in [-0.1, -0.05) is 45.8 Å². The van der Waals surface area contributed by atoms with Crippen molar-refractivity contribution in [2.75, 3.05) is 26.3 Å². The molecule has 2 bridgehead atoms. The third kappa shape index (κ3) is 5.31. The van der Waals surface area contributed by atoms with Crippen LogP contribution in [0.25, 0.3) is 0 Å². The summed E-state index contributed by atoms with van der Waals surface area (Å²) in [6, 6.07) is -1.46. The van der Waals surface area contributed by atoms with Crippen LogP contribution in [-0.4, -0.2) is 82.3 Å². The Kier molecular flexibility index (Phi) is 10.2. The molecule has 8 nitrogen and oxygen atoms in total. The number of unbranched alkanes of at least 4 members (excludes halogenated alkanes) is 3. The number of carbonyl (C=O) groups is 3. The molecule has 38 heavy (non-hydrogen) atoms. The number of esters is 1. The summed E-state index contributed by atoms with van der Waals surface area (Å²) >= 11 is 0. The van der Waals surface area contributed by atoms with Gasteiger partial charge in [-0.25, -0.2) is 0 Å². The van der Waals surface area contributed by atoms with Crippen molar-refractivity contribution < 1.29 is 29.0 Å². The molecule has 0 aliphatic carbocycles. The molecule has 0 aromatic rings.